The number of nitrogens with zero attached hydrogens (tertiary/aromatic N) is 2. The van der Waals surface area contributed by atoms with Gasteiger partial charge in [0.15, 0.2) is 5.58 Å². The monoisotopic (exact) mass is 244 g/mol. The Morgan fingerprint density at radius 1 is 1.44 bits per heavy atom. The largest absolute Gasteiger partial charge is 0.462 e. The van der Waals surface area contributed by atoms with Crippen LogP contribution in [-0.2, 0) is 0 Å². The normalized spacial score (nSPS) is 18.3. The molecule has 2 aromatic rings. The molecule has 1 fully saturated rings. The number of furan rings is 1. The predicted molar refractivity (Wildman–Crippen MR) is 71.4 cm³/mol. The van der Waals surface area contributed by atoms with E-state index in [2.05, 4.69) is 9.79 Å². The minimum Gasteiger partial charge on any atom is -0.462 e. The van der Waals surface area contributed by atoms with Crippen molar-refractivity contribution in [1.82, 2.24) is 9.79 Å². The lowest BCUT2D eigenvalue weighted by Crippen LogP contribution is -2.42. The quantitative estimate of drug-likeness (QED) is 0.822. The highest BCUT2D eigenvalue weighted by atomic mass is 16.3. The third-order valence-electron chi connectivity index (χ3n) is 3.85. The van der Waals surface area contributed by atoms with Gasteiger partial charge in [-0.25, -0.2) is 0 Å². The zero-order valence-electron chi connectivity index (χ0n) is 10.5. The molecule has 0 bridgehead atoms. The summed E-state index contributed by atoms with van der Waals surface area (Å²) in [6, 6.07) is 3.85. The first-order valence-electron chi connectivity index (χ1n) is 6.50. The van der Waals surface area contributed by atoms with Crippen molar-refractivity contribution in [1.29, 1.82) is 0 Å². The molecule has 1 N–H and O–H groups in total. The lowest BCUT2D eigenvalue weighted by Gasteiger charge is -2.32. The summed E-state index contributed by atoms with van der Waals surface area (Å²) in [5.41, 5.74) is 3.08. The molecule has 0 saturated carbocycles. The molecule has 1 aliphatic heterocycles. The molecule has 3 heterocycles. The van der Waals surface area contributed by atoms with Crippen LogP contribution in [0.3, 0.4) is 0 Å². The first-order chi connectivity index (χ1) is 8.75. The second-order valence-corrected chi connectivity index (χ2v) is 4.98. The van der Waals surface area contributed by atoms with E-state index >= 15 is 0 Å². The summed E-state index contributed by atoms with van der Waals surface area (Å²) >= 11 is 0. The molecule has 0 atom stereocenters. The van der Waals surface area contributed by atoms with E-state index in [0.29, 0.717) is 5.92 Å². The van der Waals surface area contributed by atoms with Gasteiger partial charge in [0.1, 0.15) is 5.52 Å². The fourth-order valence-corrected chi connectivity index (χ4v) is 2.76. The Labute approximate surface area is 107 Å². The van der Waals surface area contributed by atoms with Crippen LogP contribution in [0.4, 0.5) is 0 Å². The van der Waals surface area contributed by atoms with Crippen LogP contribution in [0.15, 0.2) is 29.0 Å². The molecule has 0 aromatic carbocycles. The van der Waals surface area contributed by atoms with E-state index in [0.717, 1.165) is 37.0 Å². The standard InChI is InChI=1S/C13H17BN2O2/c1-14(17)16-7-4-10(5-8-16)11-9-18-12-3-2-6-15-13(11)12/h2-3,6,9-10,17H,4-5,7-8H2,1H3. The summed E-state index contributed by atoms with van der Waals surface area (Å²) < 4.78 is 5.55. The fraction of sp³-hybridized carbons (Fsp3) is 0.462. The highest BCUT2D eigenvalue weighted by Crippen LogP contribution is 2.33. The number of hydrogen-bond acceptors (Lipinski definition) is 4. The molecule has 18 heavy (non-hydrogen) atoms. The van der Waals surface area contributed by atoms with Gasteiger partial charge in [-0.2, -0.15) is 0 Å². The lowest BCUT2D eigenvalue weighted by molar-refractivity contribution is 0.289. The first-order valence-corrected chi connectivity index (χ1v) is 6.50. The van der Waals surface area contributed by atoms with E-state index in [1.807, 2.05) is 31.4 Å². The van der Waals surface area contributed by atoms with Crippen molar-refractivity contribution in [3.8, 4) is 0 Å². The fourth-order valence-electron chi connectivity index (χ4n) is 2.76. The van der Waals surface area contributed by atoms with E-state index < -0.39 is 0 Å². The average Bonchev–Trinajstić information content (AvgIpc) is 2.82. The highest BCUT2D eigenvalue weighted by molar-refractivity contribution is 6.45. The molecule has 0 aliphatic carbocycles. The second kappa shape index (κ2) is 4.74. The third kappa shape index (κ3) is 2.04. The molecular formula is C13H17BN2O2. The molecule has 0 unspecified atom stereocenters. The van der Waals surface area contributed by atoms with Crippen LogP contribution in [-0.4, -0.2) is 35.0 Å². The van der Waals surface area contributed by atoms with Crippen LogP contribution in [0.2, 0.25) is 6.82 Å². The van der Waals surface area contributed by atoms with Crippen LogP contribution in [0.1, 0.15) is 24.3 Å². The van der Waals surface area contributed by atoms with Crippen LogP contribution < -0.4 is 0 Å². The van der Waals surface area contributed by atoms with Crippen LogP contribution in [0, 0.1) is 0 Å². The molecule has 5 heteroatoms. The number of fused-ring (bicyclic) bond motifs is 1. The Kier molecular flexibility index (Phi) is 3.10. The van der Waals surface area contributed by atoms with Gasteiger partial charge in [0.25, 0.3) is 0 Å². The van der Waals surface area contributed by atoms with Gasteiger partial charge in [-0.15, -0.1) is 0 Å². The molecule has 1 saturated heterocycles. The van der Waals surface area contributed by atoms with Crippen LogP contribution in [0.5, 0.6) is 0 Å². The third-order valence-corrected chi connectivity index (χ3v) is 3.85. The maximum Gasteiger partial charge on any atom is 0.376 e. The van der Waals surface area contributed by atoms with E-state index in [1.165, 1.54) is 5.56 Å². The average molecular weight is 244 g/mol. The lowest BCUT2D eigenvalue weighted by atomic mass is 9.80. The predicted octanol–water partition coefficient (Wildman–Crippen LogP) is 2.12. The van der Waals surface area contributed by atoms with E-state index in [1.54, 1.807) is 0 Å². The van der Waals surface area contributed by atoms with Crippen molar-refractivity contribution in [2.45, 2.75) is 25.6 Å². The highest BCUT2D eigenvalue weighted by Gasteiger charge is 2.26. The topological polar surface area (TPSA) is 49.5 Å². The Morgan fingerprint density at radius 3 is 2.94 bits per heavy atom. The second-order valence-electron chi connectivity index (χ2n) is 4.98. The molecule has 1 aliphatic rings. The zero-order chi connectivity index (χ0) is 12.5. The molecule has 0 radical (unpaired) electrons. The maximum absolute atomic E-state index is 9.56. The Balaban J connectivity index is 1.80. The number of aromatic nitrogens is 1. The van der Waals surface area contributed by atoms with Crippen molar-refractivity contribution in [3.05, 3.63) is 30.2 Å². The van der Waals surface area contributed by atoms with Gasteiger partial charge in [0.05, 0.1) is 6.26 Å². The number of rotatable bonds is 2. The summed E-state index contributed by atoms with van der Waals surface area (Å²) in [4.78, 5) is 6.52. The van der Waals surface area contributed by atoms with Gasteiger partial charge in [-0.3, -0.25) is 4.98 Å². The van der Waals surface area contributed by atoms with Crippen LogP contribution in [0.25, 0.3) is 11.1 Å². The van der Waals surface area contributed by atoms with Gasteiger partial charge < -0.3 is 14.3 Å². The molecule has 4 nitrogen and oxygen atoms in total. The molecule has 0 amide bonds. The van der Waals surface area contributed by atoms with Crippen molar-refractivity contribution in [2.24, 2.45) is 0 Å². The Hall–Kier alpha value is -1.33. The first kappa shape index (κ1) is 11.7. The van der Waals surface area contributed by atoms with Crippen molar-refractivity contribution in [3.63, 3.8) is 0 Å². The maximum atomic E-state index is 9.56. The van der Waals surface area contributed by atoms with Crippen molar-refractivity contribution < 1.29 is 9.44 Å². The summed E-state index contributed by atoms with van der Waals surface area (Å²) in [5.74, 6) is 0.496. The SMILES string of the molecule is CB(O)N1CCC(c2coc3cccnc23)CC1. The number of piperidine rings is 1. The minimum atomic E-state index is -0.342. The zero-order valence-corrected chi connectivity index (χ0v) is 10.5. The number of pyridine rings is 1. The minimum absolute atomic E-state index is 0.342. The molecular weight excluding hydrogens is 227 g/mol. The Morgan fingerprint density at radius 2 is 2.22 bits per heavy atom. The molecule has 2 aromatic heterocycles. The van der Waals surface area contributed by atoms with Gasteiger partial charge in [-0.05, 0) is 50.8 Å². The van der Waals surface area contributed by atoms with E-state index in [-0.39, 0.29) is 7.05 Å². The van der Waals surface area contributed by atoms with Crippen molar-refractivity contribution in [2.75, 3.05) is 13.1 Å². The summed E-state index contributed by atoms with van der Waals surface area (Å²) in [5, 5.41) is 9.56. The van der Waals surface area contributed by atoms with Gasteiger partial charge in [0, 0.05) is 11.8 Å². The van der Waals surface area contributed by atoms with E-state index in [4.69, 9.17) is 4.42 Å². The summed E-state index contributed by atoms with van der Waals surface area (Å²) in [6.07, 6.45) is 5.76. The molecule has 3 rings (SSSR count). The smallest absolute Gasteiger partial charge is 0.376 e. The Bertz CT molecular complexity index is 533. The van der Waals surface area contributed by atoms with Gasteiger partial charge in [-0.1, -0.05) is 0 Å². The van der Waals surface area contributed by atoms with Gasteiger partial charge in [0.2, 0.25) is 0 Å². The molecule has 94 valence electrons. The number of hydrogen-bond donors (Lipinski definition) is 1. The summed E-state index contributed by atoms with van der Waals surface area (Å²) in [6.45, 7) is 3.69. The van der Waals surface area contributed by atoms with Crippen molar-refractivity contribution >= 4 is 18.2 Å². The van der Waals surface area contributed by atoms with Gasteiger partial charge >= 0.3 is 7.05 Å². The molecule has 0 spiro atoms. The van der Waals surface area contributed by atoms with E-state index in [9.17, 15) is 5.02 Å². The van der Waals surface area contributed by atoms with Crippen LogP contribution >= 0.6 is 0 Å². The summed E-state index contributed by atoms with van der Waals surface area (Å²) in [7, 11) is -0.342.